The van der Waals surface area contributed by atoms with Crippen molar-refractivity contribution >= 4 is 54.7 Å². The van der Waals surface area contributed by atoms with Gasteiger partial charge in [-0.3, -0.25) is 9.71 Å². The Morgan fingerprint density at radius 1 is 1.03 bits per heavy atom. The predicted molar refractivity (Wildman–Crippen MR) is 161 cm³/mol. The summed E-state index contributed by atoms with van der Waals surface area (Å²) in [5.41, 5.74) is 7.49. The quantitative estimate of drug-likeness (QED) is 0.257. The van der Waals surface area contributed by atoms with Crippen molar-refractivity contribution in [3.63, 3.8) is 0 Å². The van der Waals surface area contributed by atoms with Crippen LogP contribution in [0.25, 0.3) is 5.69 Å². The predicted octanol–water partition coefficient (Wildman–Crippen LogP) is 6.11. The monoisotopic (exact) mass is 609 g/mol. The van der Waals surface area contributed by atoms with E-state index >= 15 is 0 Å². The number of anilines is 2. The molecular weight excluding hydrogens is 582 g/mol. The second kappa shape index (κ2) is 10.2. The third-order valence-corrected chi connectivity index (χ3v) is 8.34. The maximum Gasteiger partial charge on any atom is 0.229 e. The van der Waals surface area contributed by atoms with Gasteiger partial charge in [0.25, 0.3) is 0 Å². The van der Waals surface area contributed by atoms with Gasteiger partial charge in [-0.1, -0.05) is 18.2 Å². The van der Waals surface area contributed by atoms with Crippen LogP contribution < -0.4 is 14.9 Å². The molecule has 2 unspecified atom stereocenters. The first-order valence-corrected chi connectivity index (χ1v) is 15.2. The molecule has 38 heavy (non-hydrogen) atoms. The molecule has 0 saturated carbocycles. The Kier molecular flexibility index (Phi) is 7.06. The van der Waals surface area contributed by atoms with E-state index in [1.165, 1.54) is 0 Å². The summed E-state index contributed by atoms with van der Waals surface area (Å²) in [6, 6.07) is 21.5. The molecule has 10 heteroatoms. The van der Waals surface area contributed by atoms with E-state index in [1.807, 2.05) is 55.5 Å². The number of sulfonamides is 1. The van der Waals surface area contributed by atoms with Crippen molar-refractivity contribution in [3.05, 3.63) is 106 Å². The Labute approximate surface area is 237 Å². The molecule has 5 rings (SSSR count). The number of nitrogens with one attached hydrogen (secondary N) is 2. The van der Waals surface area contributed by atoms with Crippen LogP contribution in [0, 0.1) is 20.8 Å². The van der Waals surface area contributed by atoms with E-state index < -0.39 is 10.0 Å². The molecule has 2 N–H and O–H groups in total. The zero-order valence-corrected chi connectivity index (χ0v) is 24.7. The summed E-state index contributed by atoms with van der Waals surface area (Å²) in [6.45, 7) is 6.11. The molecule has 0 aliphatic carbocycles. The van der Waals surface area contributed by atoms with Crippen molar-refractivity contribution < 1.29 is 8.42 Å². The summed E-state index contributed by atoms with van der Waals surface area (Å²) >= 11 is 9.61. The number of benzene rings is 2. The van der Waals surface area contributed by atoms with Crippen LogP contribution in [0.2, 0.25) is 0 Å². The molecule has 7 nitrogen and oxygen atoms in total. The second-order valence-corrected chi connectivity index (χ2v) is 12.5. The van der Waals surface area contributed by atoms with Gasteiger partial charge in [-0.2, -0.15) is 0 Å². The SMILES string of the molecule is Cc1cc(N2C(=S)NC(c3ccccn3)C2c2cc(C)n(-c3ccccc3Br)c2C)ccc1NS(C)(=O)=O. The summed E-state index contributed by atoms with van der Waals surface area (Å²) in [7, 11) is -3.40. The summed E-state index contributed by atoms with van der Waals surface area (Å²) in [4.78, 5) is 6.77. The number of aromatic nitrogens is 2. The highest BCUT2D eigenvalue weighted by atomic mass is 79.9. The number of para-hydroxylation sites is 1. The van der Waals surface area contributed by atoms with E-state index in [-0.39, 0.29) is 12.1 Å². The van der Waals surface area contributed by atoms with Crippen LogP contribution in [0.5, 0.6) is 0 Å². The molecule has 2 aromatic heterocycles. The summed E-state index contributed by atoms with van der Waals surface area (Å²) in [5.74, 6) is 0. The van der Waals surface area contributed by atoms with E-state index in [4.69, 9.17) is 12.2 Å². The highest BCUT2D eigenvalue weighted by Gasteiger charge is 2.42. The van der Waals surface area contributed by atoms with Gasteiger partial charge in [-0.25, -0.2) is 8.42 Å². The van der Waals surface area contributed by atoms with Gasteiger partial charge in [0.2, 0.25) is 10.0 Å². The smallest absolute Gasteiger partial charge is 0.229 e. The van der Waals surface area contributed by atoms with Gasteiger partial charge >= 0.3 is 0 Å². The van der Waals surface area contributed by atoms with E-state index in [2.05, 4.69) is 66.4 Å². The number of aryl methyl sites for hydroxylation is 2. The molecule has 2 aromatic carbocycles. The van der Waals surface area contributed by atoms with E-state index in [9.17, 15) is 8.42 Å². The van der Waals surface area contributed by atoms with Crippen LogP contribution in [0.15, 0.2) is 77.4 Å². The average molecular weight is 611 g/mol. The lowest BCUT2D eigenvalue weighted by Gasteiger charge is -2.29. The molecule has 1 aliphatic rings. The summed E-state index contributed by atoms with van der Waals surface area (Å²) in [6.07, 6.45) is 2.94. The largest absolute Gasteiger partial charge is 0.351 e. The van der Waals surface area contributed by atoms with Crippen molar-refractivity contribution in [2.75, 3.05) is 15.9 Å². The van der Waals surface area contributed by atoms with Gasteiger partial charge < -0.3 is 14.8 Å². The van der Waals surface area contributed by atoms with Crippen LogP contribution in [0.3, 0.4) is 0 Å². The molecule has 1 fully saturated rings. The summed E-state index contributed by atoms with van der Waals surface area (Å²) < 4.78 is 29.5. The zero-order valence-electron chi connectivity index (χ0n) is 21.4. The van der Waals surface area contributed by atoms with Gasteiger partial charge in [0.15, 0.2) is 5.11 Å². The Morgan fingerprint density at radius 2 is 1.76 bits per heavy atom. The minimum Gasteiger partial charge on any atom is -0.351 e. The van der Waals surface area contributed by atoms with Gasteiger partial charge in [0, 0.05) is 27.7 Å². The standard InChI is InChI=1S/C28H28BrN5O2S2/c1-17-15-20(12-13-23(17)32-38(4,35)36)34-27(26(31-28(34)37)24-10-7-8-14-30-24)21-16-18(2)33(19(21)3)25-11-6-5-9-22(25)29/h5-16,26-27,32H,1-4H3,(H,31,37). The molecule has 2 atom stereocenters. The van der Waals surface area contributed by atoms with Crippen LogP contribution in [0.1, 0.15) is 40.3 Å². The van der Waals surface area contributed by atoms with Crippen molar-refractivity contribution in [2.45, 2.75) is 32.9 Å². The molecule has 1 aliphatic heterocycles. The van der Waals surface area contributed by atoms with Gasteiger partial charge in [-0.15, -0.1) is 0 Å². The number of rotatable bonds is 6. The van der Waals surface area contributed by atoms with Crippen molar-refractivity contribution in [1.82, 2.24) is 14.9 Å². The van der Waals surface area contributed by atoms with Crippen LogP contribution in [-0.4, -0.2) is 29.3 Å². The highest BCUT2D eigenvalue weighted by molar-refractivity contribution is 9.10. The molecule has 196 valence electrons. The first-order valence-electron chi connectivity index (χ1n) is 12.1. The van der Waals surface area contributed by atoms with Gasteiger partial charge in [0.05, 0.1) is 35.4 Å². The molecule has 0 bridgehead atoms. The average Bonchev–Trinajstić information content (AvgIpc) is 3.36. The third kappa shape index (κ3) is 4.95. The fraction of sp³-hybridized carbons (Fsp3) is 0.214. The number of hydrogen-bond acceptors (Lipinski definition) is 4. The molecule has 0 amide bonds. The van der Waals surface area contributed by atoms with E-state index in [1.54, 1.807) is 12.3 Å². The molecule has 4 aromatic rings. The fourth-order valence-corrected chi connectivity index (χ4v) is 6.59. The lowest BCUT2D eigenvalue weighted by Crippen LogP contribution is -2.29. The topological polar surface area (TPSA) is 79.3 Å². The Morgan fingerprint density at radius 3 is 2.42 bits per heavy atom. The van der Waals surface area contributed by atoms with Crippen molar-refractivity contribution in [3.8, 4) is 5.69 Å². The number of halogens is 1. The van der Waals surface area contributed by atoms with Crippen molar-refractivity contribution in [2.24, 2.45) is 0 Å². The third-order valence-electron chi connectivity index (χ3n) is 6.76. The lowest BCUT2D eigenvalue weighted by atomic mass is 9.96. The molecule has 3 heterocycles. The minimum atomic E-state index is -3.40. The second-order valence-electron chi connectivity index (χ2n) is 9.48. The van der Waals surface area contributed by atoms with Crippen LogP contribution in [0.4, 0.5) is 11.4 Å². The fourth-order valence-electron chi connectivity index (χ4n) is 5.15. The first kappa shape index (κ1) is 26.4. The zero-order chi connectivity index (χ0) is 27.2. The number of hydrogen-bond donors (Lipinski definition) is 2. The van der Waals surface area contributed by atoms with Gasteiger partial charge in [-0.05, 0) is 109 Å². The van der Waals surface area contributed by atoms with E-state index in [0.29, 0.717) is 10.8 Å². The van der Waals surface area contributed by atoms with Gasteiger partial charge in [0.1, 0.15) is 0 Å². The van der Waals surface area contributed by atoms with Crippen LogP contribution >= 0.6 is 28.1 Å². The minimum absolute atomic E-state index is 0.187. The van der Waals surface area contributed by atoms with E-state index in [0.717, 1.165) is 50.3 Å². The molecular formula is C28H28BrN5O2S2. The number of thiocarbonyl (C=S) groups is 1. The first-order chi connectivity index (χ1) is 18.0. The van der Waals surface area contributed by atoms with Crippen LogP contribution in [-0.2, 0) is 10.0 Å². The molecule has 0 radical (unpaired) electrons. The normalized spacial score (nSPS) is 17.5. The lowest BCUT2D eigenvalue weighted by molar-refractivity contribution is 0.565. The summed E-state index contributed by atoms with van der Waals surface area (Å²) in [5, 5.41) is 4.09. The molecule has 0 spiro atoms. The maximum absolute atomic E-state index is 11.8. The maximum atomic E-state index is 11.8. The highest BCUT2D eigenvalue weighted by Crippen LogP contribution is 2.44. The Bertz CT molecular complexity index is 1640. The Balaban J connectivity index is 1.66. The Hall–Kier alpha value is -3.21. The molecule has 1 saturated heterocycles. The number of nitrogens with zero attached hydrogens (tertiary/aromatic N) is 3. The van der Waals surface area contributed by atoms with Crippen molar-refractivity contribution in [1.29, 1.82) is 0 Å². The number of pyridine rings is 1.